The summed E-state index contributed by atoms with van der Waals surface area (Å²) >= 11 is 0. The van der Waals surface area contributed by atoms with Gasteiger partial charge in [-0.2, -0.15) is 0 Å². The van der Waals surface area contributed by atoms with Crippen LogP contribution in [0, 0.1) is 0 Å². The molecular weight excluding hydrogens is 752 g/mol. The zero-order chi connectivity index (χ0) is 40.7. The Hall–Kier alpha value is -5.33. The summed E-state index contributed by atoms with van der Waals surface area (Å²) < 4.78 is 27.3. The average Bonchev–Trinajstić information content (AvgIpc) is 3.15. The van der Waals surface area contributed by atoms with Gasteiger partial charge in [0.1, 0.15) is 64.9 Å². The van der Waals surface area contributed by atoms with E-state index in [-0.39, 0.29) is 52.0 Å². The van der Waals surface area contributed by atoms with Crippen LogP contribution in [-0.4, -0.2) is 142 Å². The third-order valence-corrected chi connectivity index (χ3v) is 9.34. The number of aliphatic hydroxyl groups excluding tert-OH is 7. The first-order valence-corrected chi connectivity index (χ1v) is 16.9. The maximum absolute atomic E-state index is 13.5. The Balaban J connectivity index is 1.37. The second kappa shape index (κ2) is 16.0. The standard InChI is InChI=1S/C35H38N2O19/c36-20-2-1-11(10-37-20)5-14-18(9-19-21(23(14)42)15(39)8-17(52-19)13-6-12(3-4-38)22(41)16(40)7-13)53-34-28(47)25(44)27(46)31(55-34)33(51)56-35-29(48)24(43)26(45)30(54-35)32(49)50/h1-2,6-10,20,24-31,34-35,37-38,40-48H,3-5,36H2,(H,49,50)/t20?,24-,25-,26-,27-,28+,29+,30-,31-,34-,35+/m0/s1. The van der Waals surface area contributed by atoms with Gasteiger partial charge >= 0.3 is 11.9 Å². The van der Waals surface area contributed by atoms with E-state index >= 15 is 0 Å². The molecule has 0 spiro atoms. The van der Waals surface area contributed by atoms with Crippen molar-refractivity contribution < 1.29 is 89.1 Å². The van der Waals surface area contributed by atoms with Gasteiger partial charge in [0, 0.05) is 48.1 Å². The molecule has 6 rings (SSSR count). The Labute approximate surface area is 313 Å². The van der Waals surface area contributed by atoms with Crippen molar-refractivity contribution in [2.45, 2.75) is 80.4 Å². The summed E-state index contributed by atoms with van der Waals surface area (Å²) in [5.74, 6) is -5.69. The minimum absolute atomic E-state index is 0.0712. The number of esters is 1. The number of carbonyl (C=O) groups is 2. The van der Waals surface area contributed by atoms with Gasteiger partial charge < -0.3 is 90.6 Å². The molecule has 11 atom stereocenters. The van der Waals surface area contributed by atoms with Crippen LogP contribution >= 0.6 is 0 Å². The first kappa shape index (κ1) is 40.3. The number of carboxylic acid groups (broad SMARTS) is 1. The number of allylic oxidation sites excluding steroid dienone is 2. The SMILES string of the molecule is NC1C=CC(Cc2c(O[C@H]3O[C@H](C(=O)O[C@H]4O[C@H](C(=O)O)[C@@H](O)[C@H](O)[C@H]4O)[C@@H](O)[C@H](O)[C@H]3O)cc3oc(-c4cc(O)c(O)c(CCO)c4)cc(=O)c3c2O)=CN1. The van der Waals surface area contributed by atoms with E-state index in [0.29, 0.717) is 5.57 Å². The van der Waals surface area contributed by atoms with E-state index in [1.165, 1.54) is 12.3 Å². The fourth-order valence-electron chi connectivity index (χ4n) is 6.31. The van der Waals surface area contributed by atoms with Crippen molar-refractivity contribution in [3.63, 3.8) is 0 Å². The molecule has 1 aromatic heterocycles. The van der Waals surface area contributed by atoms with Gasteiger partial charge in [-0.05, 0) is 30.2 Å². The zero-order valence-corrected chi connectivity index (χ0v) is 28.8. The number of nitrogens with one attached hydrogen (secondary N) is 1. The van der Waals surface area contributed by atoms with E-state index in [1.807, 2.05) is 0 Å². The van der Waals surface area contributed by atoms with Crippen molar-refractivity contribution >= 4 is 22.9 Å². The molecule has 21 heteroatoms. The molecule has 0 bridgehead atoms. The first-order valence-electron chi connectivity index (χ1n) is 16.9. The molecule has 3 aliphatic heterocycles. The lowest BCUT2D eigenvalue weighted by molar-refractivity contribution is -0.302. The number of hydrogen-bond acceptors (Lipinski definition) is 20. The highest BCUT2D eigenvalue weighted by molar-refractivity contribution is 5.88. The van der Waals surface area contributed by atoms with Crippen LogP contribution in [0.4, 0.5) is 0 Å². The normalized spacial score (nSPS) is 30.4. The Morgan fingerprint density at radius 1 is 0.839 bits per heavy atom. The lowest BCUT2D eigenvalue weighted by Crippen LogP contribution is -2.63. The van der Waals surface area contributed by atoms with Crippen molar-refractivity contribution in [1.82, 2.24) is 5.32 Å². The monoisotopic (exact) mass is 790 g/mol. The number of aromatic hydroxyl groups is 3. The minimum Gasteiger partial charge on any atom is -0.507 e. The van der Waals surface area contributed by atoms with Crippen LogP contribution in [0.1, 0.15) is 11.1 Å². The highest BCUT2D eigenvalue weighted by Gasteiger charge is 2.52. The molecule has 0 amide bonds. The maximum atomic E-state index is 13.5. The number of dihydropyridines is 1. The predicted octanol–water partition coefficient (Wildman–Crippen LogP) is -3.40. The molecular formula is C35H38N2O19. The number of hydrogen-bond donors (Lipinski definition) is 13. The van der Waals surface area contributed by atoms with Crippen molar-refractivity contribution in [3.05, 3.63) is 69.5 Å². The summed E-state index contributed by atoms with van der Waals surface area (Å²) in [4.78, 5) is 38.3. The predicted molar refractivity (Wildman–Crippen MR) is 183 cm³/mol. The number of ether oxygens (including phenoxy) is 4. The zero-order valence-electron chi connectivity index (χ0n) is 28.8. The number of phenolic OH excluding ortho intramolecular Hbond substituents is 3. The third kappa shape index (κ3) is 7.72. The number of phenols is 3. The molecule has 302 valence electrons. The van der Waals surface area contributed by atoms with Gasteiger partial charge in [0.2, 0.25) is 12.6 Å². The summed E-state index contributed by atoms with van der Waals surface area (Å²) in [7, 11) is 0. The number of benzene rings is 2. The molecule has 56 heavy (non-hydrogen) atoms. The van der Waals surface area contributed by atoms with Crippen LogP contribution in [0.25, 0.3) is 22.3 Å². The van der Waals surface area contributed by atoms with E-state index in [9.17, 15) is 70.6 Å². The third-order valence-electron chi connectivity index (χ3n) is 9.34. The molecule has 14 N–H and O–H groups in total. The number of carbonyl (C=O) groups excluding carboxylic acids is 1. The molecule has 0 radical (unpaired) electrons. The summed E-state index contributed by atoms with van der Waals surface area (Å²) in [6.45, 7) is -0.392. The molecule has 3 aromatic rings. The number of carboxylic acids is 1. The van der Waals surface area contributed by atoms with Crippen LogP contribution in [-0.2, 0) is 36.6 Å². The average molecular weight is 791 g/mol. The summed E-state index contributed by atoms with van der Waals surface area (Å²) in [6, 6.07) is 4.56. The van der Waals surface area contributed by atoms with E-state index in [0.717, 1.165) is 18.2 Å². The van der Waals surface area contributed by atoms with Gasteiger partial charge in [-0.15, -0.1) is 0 Å². The van der Waals surface area contributed by atoms with Crippen molar-refractivity contribution in [2.24, 2.45) is 5.73 Å². The Kier molecular flexibility index (Phi) is 11.5. The molecule has 2 saturated heterocycles. The lowest BCUT2D eigenvalue weighted by Gasteiger charge is -2.41. The lowest BCUT2D eigenvalue weighted by atomic mass is 9.97. The largest absolute Gasteiger partial charge is 0.507 e. The molecule has 21 nitrogen and oxygen atoms in total. The minimum atomic E-state index is -2.24. The van der Waals surface area contributed by atoms with E-state index in [2.05, 4.69) is 5.32 Å². The van der Waals surface area contributed by atoms with Crippen LogP contribution in [0.15, 0.2) is 57.4 Å². The van der Waals surface area contributed by atoms with Gasteiger partial charge in [-0.1, -0.05) is 6.08 Å². The molecule has 0 saturated carbocycles. The van der Waals surface area contributed by atoms with E-state index < -0.39 is 109 Å². The summed E-state index contributed by atoms with van der Waals surface area (Å²) in [6.07, 6.45) is -17.8. The van der Waals surface area contributed by atoms with Crippen LogP contribution in [0.5, 0.6) is 23.0 Å². The number of nitrogens with two attached hydrogens (primary N) is 1. The van der Waals surface area contributed by atoms with E-state index in [4.69, 9.17) is 29.1 Å². The smallest absolute Gasteiger partial charge is 0.340 e. The molecule has 4 heterocycles. The quantitative estimate of drug-likeness (QED) is 0.0703. The first-order chi connectivity index (χ1) is 26.5. The molecule has 2 aromatic carbocycles. The van der Waals surface area contributed by atoms with E-state index in [1.54, 1.807) is 12.2 Å². The topological polar surface area (TPSA) is 362 Å². The number of aliphatic carboxylic acids is 1. The maximum Gasteiger partial charge on any atom is 0.340 e. The Bertz CT molecular complexity index is 2120. The number of fused-ring (bicyclic) bond motifs is 1. The summed E-state index contributed by atoms with van der Waals surface area (Å²) in [5, 5.41) is 116. The van der Waals surface area contributed by atoms with Gasteiger partial charge in [0.25, 0.3) is 0 Å². The van der Waals surface area contributed by atoms with Gasteiger partial charge in [0.15, 0.2) is 29.1 Å². The Morgan fingerprint density at radius 2 is 1.50 bits per heavy atom. The fraction of sp³-hybridized carbons (Fsp3) is 0.400. The molecule has 3 aliphatic rings. The van der Waals surface area contributed by atoms with Crippen LogP contribution < -0.4 is 21.2 Å². The van der Waals surface area contributed by atoms with Crippen molar-refractivity contribution in [2.75, 3.05) is 6.61 Å². The molecule has 1 unspecified atom stereocenters. The van der Waals surface area contributed by atoms with Crippen LogP contribution in [0.2, 0.25) is 0 Å². The van der Waals surface area contributed by atoms with Gasteiger partial charge in [-0.25, -0.2) is 9.59 Å². The highest BCUT2D eigenvalue weighted by Crippen LogP contribution is 2.41. The number of aliphatic hydroxyl groups is 7. The van der Waals surface area contributed by atoms with Crippen molar-refractivity contribution in [1.29, 1.82) is 0 Å². The Morgan fingerprint density at radius 3 is 2.14 bits per heavy atom. The second-order valence-electron chi connectivity index (χ2n) is 13.2. The van der Waals surface area contributed by atoms with Crippen LogP contribution in [0.3, 0.4) is 0 Å². The second-order valence-corrected chi connectivity index (χ2v) is 13.2. The van der Waals surface area contributed by atoms with Gasteiger partial charge in [0.05, 0.1) is 6.17 Å². The fourth-order valence-corrected chi connectivity index (χ4v) is 6.31. The highest BCUT2D eigenvalue weighted by atomic mass is 16.7. The molecule has 2 fully saturated rings. The number of rotatable bonds is 10. The molecule has 0 aliphatic carbocycles. The van der Waals surface area contributed by atoms with Gasteiger partial charge in [-0.3, -0.25) is 4.79 Å². The summed E-state index contributed by atoms with van der Waals surface area (Å²) in [5.41, 5.74) is 5.32. The van der Waals surface area contributed by atoms with Crippen molar-refractivity contribution in [3.8, 4) is 34.3 Å².